The van der Waals surface area contributed by atoms with Gasteiger partial charge in [0.2, 0.25) is 0 Å². The quantitative estimate of drug-likeness (QED) is 0.0905. The molecule has 0 spiro atoms. The van der Waals surface area contributed by atoms with Crippen LogP contribution in [0.1, 0.15) is 12.5 Å². The molecule has 2 aliphatic rings. The number of hydrogen-bond donors (Lipinski definition) is 6. The van der Waals surface area contributed by atoms with E-state index >= 15 is 0 Å². The molecule has 27 heteroatoms. The summed E-state index contributed by atoms with van der Waals surface area (Å²) in [5, 5.41) is 40.0. The van der Waals surface area contributed by atoms with E-state index in [1.54, 1.807) is 0 Å². The molecule has 0 aliphatic carbocycles. The molecule has 24 nitrogen and oxygen atoms in total. The predicted octanol–water partition coefficient (Wildman–Crippen LogP) is -6.26. The van der Waals surface area contributed by atoms with Crippen LogP contribution in [-0.2, 0) is 53.9 Å². The van der Waals surface area contributed by atoms with Crippen molar-refractivity contribution in [2.45, 2.75) is 49.1 Å². The van der Waals surface area contributed by atoms with Gasteiger partial charge in [-0.25, -0.2) is 29.9 Å². The van der Waals surface area contributed by atoms with Crippen molar-refractivity contribution >= 4 is 49.6 Å². The van der Waals surface area contributed by atoms with Crippen LogP contribution >= 0.6 is 15.6 Å². The average molecular weight is 782 g/mol. The normalized spacial score (nSPS) is 27.9. The van der Waals surface area contributed by atoms with Crippen LogP contribution in [0.5, 0.6) is 0 Å². The summed E-state index contributed by atoms with van der Waals surface area (Å²) >= 11 is 0. The van der Waals surface area contributed by atoms with Gasteiger partial charge in [0.1, 0.15) is 60.3 Å². The molecule has 8 N–H and O–H groups in total. The number of aliphatic hydroxyl groups excluding tert-OH is 4. The first-order valence-electron chi connectivity index (χ1n) is 12.8. The Labute approximate surface area is 280 Å². The van der Waals surface area contributed by atoms with E-state index in [0.29, 0.717) is 0 Å². The van der Waals surface area contributed by atoms with Gasteiger partial charge in [0.25, 0.3) is 0 Å². The fourth-order valence-corrected chi connectivity index (χ4v) is 5.29. The average Bonchev–Trinajstić information content (AvgIpc) is 3.73. The summed E-state index contributed by atoms with van der Waals surface area (Å²) in [6.07, 6.45) is -5.50. The summed E-state index contributed by atoms with van der Waals surface area (Å²) in [4.78, 5) is 65.5. The zero-order chi connectivity index (χ0) is 33.6. The second-order valence-electron chi connectivity index (χ2n) is 9.74. The zero-order valence-electron chi connectivity index (χ0n) is 23.3. The third-order valence-electron chi connectivity index (χ3n) is 6.79. The number of nitrogens with zero attached hydrogens (tertiary/aromatic N) is 8. The van der Waals surface area contributed by atoms with Crippen LogP contribution in [0.15, 0.2) is 25.3 Å². The molecule has 252 valence electrons. The molecule has 0 radical (unpaired) electrons. The van der Waals surface area contributed by atoms with Gasteiger partial charge in [-0.3, -0.25) is 9.13 Å². The summed E-state index contributed by atoms with van der Waals surface area (Å²) in [7, 11) is -10.4. The van der Waals surface area contributed by atoms with Gasteiger partial charge in [-0.2, -0.15) is 0 Å². The molecular weight excluding hydrogens is 757 g/mol. The Morgan fingerprint density at radius 3 is 1.38 bits per heavy atom. The number of anilines is 2. The van der Waals surface area contributed by atoms with E-state index in [9.17, 15) is 49.1 Å². The summed E-state index contributed by atoms with van der Waals surface area (Å²) in [5.41, 5.74) is 12.4. The number of ether oxygens (including phenoxy) is 2. The summed E-state index contributed by atoms with van der Waals surface area (Å²) in [5.74, 6) is 0.251. The van der Waals surface area contributed by atoms with Crippen LogP contribution in [0.2, 0.25) is 0 Å². The van der Waals surface area contributed by atoms with Crippen molar-refractivity contribution in [3.63, 3.8) is 0 Å². The van der Waals surface area contributed by atoms with E-state index < -0.39 is 77.9 Å². The molecule has 0 aromatic carbocycles. The van der Waals surface area contributed by atoms with Crippen molar-refractivity contribution in [3.8, 4) is 0 Å². The number of nitrogens with two attached hydrogens (primary N) is 2. The monoisotopic (exact) mass is 780 g/mol. The third-order valence-corrected chi connectivity index (χ3v) is 7.72. The van der Waals surface area contributed by atoms with E-state index in [1.807, 2.05) is 0 Å². The van der Waals surface area contributed by atoms with Crippen molar-refractivity contribution in [2.75, 3.05) is 24.7 Å². The molecule has 8 atom stereocenters. The van der Waals surface area contributed by atoms with Gasteiger partial charge in [-0.1, -0.05) is 0 Å². The first-order chi connectivity index (χ1) is 21.6. The maximum absolute atomic E-state index is 10.5. The van der Waals surface area contributed by atoms with E-state index in [4.69, 9.17) is 20.9 Å². The molecule has 0 saturated carbocycles. The molecule has 2 aliphatic heterocycles. The van der Waals surface area contributed by atoms with Crippen LogP contribution in [0.3, 0.4) is 0 Å². The maximum Gasteiger partial charge on any atom is 4.00 e. The maximum atomic E-state index is 10.5. The van der Waals surface area contributed by atoms with Crippen LogP contribution < -0.4 is 31.0 Å². The van der Waals surface area contributed by atoms with Crippen LogP contribution in [0, 0.1) is 0 Å². The molecule has 6 heterocycles. The summed E-state index contributed by atoms with van der Waals surface area (Å²) in [6, 6.07) is 0. The first kappa shape index (κ1) is 37.4. The van der Waals surface area contributed by atoms with Gasteiger partial charge in [0.15, 0.2) is 35.4 Å². The van der Waals surface area contributed by atoms with E-state index in [2.05, 4.69) is 39.0 Å². The molecule has 47 heavy (non-hydrogen) atoms. The molecule has 0 bridgehead atoms. The SMILES string of the molecule is Nc1ncnc2c1ncn2[C@@H]1O[C@H](COP(=O)([O-])[O-])[C@@H](O)[C@H]1O.Nc1ncnc2c1ncn2[C@@H]1O[C@H](COP(=O)([O-])[O-])[C@@H](O)[C@H]1O.[Zr+4]. The molecule has 4 aromatic rings. The Balaban J connectivity index is 0.000000208. The Hall–Kier alpha value is -2.44. The van der Waals surface area contributed by atoms with Crippen LogP contribution in [0.4, 0.5) is 11.6 Å². The molecule has 0 amide bonds. The Morgan fingerprint density at radius 1 is 0.681 bits per heavy atom. The van der Waals surface area contributed by atoms with Crippen molar-refractivity contribution in [1.82, 2.24) is 39.0 Å². The molecule has 6 rings (SSSR count). The fourth-order valence-electron chi connectivity index (χ4n) is 4.64. The van der Waals surface area contributed by atoms with Gasteiger partial charge in [0, 0.05) is 0 Å². The summed E-state index contributed by atoms with van der Waals surface area (Å²) in [6.45, 7) is -1.44. The van der Waals surface area contributed by atoms with Gasteiger partial charge in [0.05, 0.1) is 41.5 Å². The van der Waals surface area contributed by atoms with Gasteiger partial charge >= 0.3 is 26.2 Å². The summed E-state index contributed by atoms with van der Waals surface area (Å²) < 4.78 is 42.5. The number of nitrogen functional groups attached to an aromatic ring is 2. The molecular formula is C20H24N10O14P2Zr. The minimum absolute atomic E-state index is 0. The molecule has 2 saturated heterocycles. The molecule has 2 fully saturated rings. The number of fused-ring (bicyclic) bond motifs is 2. The second-order valence-corrected chi connectivity index (χ2v) is 12.0. The second kappa shape index (κ2) is 14.6. The first-order valence-corrected chi connectivity index (χ1v) is 15.7. The van der Waals surface area contributed by atoms with Crippen molar-refractivity contribution in [3.05, 3.63) is 25.3 Å². The number of phosphoric ester groups is 2. The van der Waals surface area contributed by atoms with E-state index in [-0.39, 0.29) is 60.2 Å². The number of aromatic nitrogens is 8. The van der Waals surface area contributed by atoms with Crippen LogP contribution in [0.25, 0.3) is 22.3 Å². The third kappa shape index (κ3) is 8.24. The number of aliphatic hydroxyl groups is 4. The number of imidazole rings is 2. The number of rotatable bonds is 8. The molecule has 0 unspecified atom stereocenters. The van der Waals surface area contributed by atoms with Crippen molar-refractivity contribution in [1.29, 1.82) is 0 Å². The van der Waals surface area contributed by atoms with Gasteiger partial charge < -0.3 is 79.1 Å². The van der Waals surface area contributed by atoms with Gasteiger partial charge in [-0.05, 0) is 0 Å². The minimum atomic E-state index is -5.22. The Morgan fingerprint density at radius 2 is 1.04 bits per heavy atom. The number of phosphoric acid groups is 2. The predicted molar refractivity (Wildman–Crippen MR) is 138 cm³/mol. The fraction of sp³-hybridized carbons (Fsp3) is 0.500. The van der Waals surface area contributed by atoms with Crippen molar-refractivity contribution in [2.24, 2.45) is 0 Å². The van der Waals surface area contributed by atoms with Crippen LogP contribution in [-0.4, -0.2) is 109 Å². The minimum Gasteiger partial charge on any atom is -0.790 e. The standard InChI is InChI=1S/2C10H14N5O7P.Zr/c2*11-8-5-9(13-2-12-8)15(3-14-5)10-7(17)6(16)4(22-10)1-21-23(18,19)20;/h2*2-4,6-7,10,16-17H,1H2,(H2,11,12,13)(H2,18,19,20);/q;;+4/p-4/t2*4-,6-,7-,10-;/m11./s1. The van der Waals surface area contributed by atoms with Crippen molar-refractivity contribution < 1.29 is 93.9 Å². The van der Waals surface area contributed by atoms with E-state index in [0.717, 1.165) is 0 Å². The Kier molecular flexibility index (Phi) is 11.6. The van der Waals surface area contributed by atoms with E-state index in [1.165, 1.54) is 34.4 Å². The largest absolute Gasteiger partial charge is 4.00 e. The smallest absolute Gasteiger partial charge is 0.790 e. The number of hydrogen-bond acceptors (Lipinski definition) is 22. The molecule has 4 aromatic heterocycles. The van der Waals surface area contributed by atoms with Gasteiger partial charge in [-0.15, -0.1) is 0 Å². The Bertz CT molecular complexity index is 1660. The zero-order valence-corrected chi connectivity index (χ0v) is 27.6. The topological polar surface area (TPSA) is 383 Å².